The van der Waals surface area contributed by atoms with E-state index in [0.717, 1.165) is 37.3 Å². The highest BCUT2D eigenvalue weighted by atomic mass is 32.1. The number of piperidine rings is 1. The fraction of sp³-hybridized carbons (Fsp3) is 0.600. The summed E-state index contributed by atoms with van der Waals surface area (Å²) in [4.78, 5) is 9.49. The van der Waals surface area contributed by atoms with E-state index in [-0.39, 0.29) is 0 Å². The summed E-state index contributed by atoms with van der Waals surface area (Å²) in [6.45, 7) is 7.49. The molecule has 0 aromatic carbocycles. The molecule has 0 unspecified atom stereocenters. The van der Waals surface area contributed by atoms with Crippen molar-refractivity contribution >= 4 is 17.3 Å². The quantitative estimate of drug-likeness (QED) is 0.911. The van der Waals surface area contributed by atoms with Crippen LogP contribution in [0.2, 0.25) is 0 Å². The molecule has 0 saturated carbocycles. The van der Waals surface area contributed by atoms with Crippen LogP contribution in [-0.2, 0) is 0 Å². The van der Waals surface area contributed by atoms with Crippen LogP contribution in [-0.4, -0.2) is 41.9 Å². The van der Waals surface area contributed by atoms with E-state index in [1.165, 1.54) is 28.2 Å². The summed E-state index contributed by atoms with van der Waals surface area (Å²) in [6, 6.07) is 2.18. The molecular weight excluding hydrogens is 282 g/mol. The lowest BCUT2D eigenvalue weighted by Gasteiger charge is -2.30. The van der Waals surface area contributed by atoms with E-state index in [4.69, 9.17) is 0 Å². The van der Waals surface area contributed by atoms with Gasteiger partial charge in [-0.05, 0) is 57.8 Å². The lowest BCUT2D eigenvalue weighted by Crippen LogP contribution is -2.37. The average molecular weight is 305 g/mol. The third-order valence-corrected chi connectivity index (χ3v) is 5.42. The number of rotatable bonds is 4. The van der Waals surface area contributed by atoms with Crippen molar-refractivity contribution in [3.05, 3.63) is 16.5 Å². The third-order valence-electron chi connectivity index (χ3n) is 4.26. The summed E-state index contributed by atoms with van der Waals surface area (Å²) in [5, 5.41) is 10.8. The Morgan fingerprint density at radius 2 is 2.14 bits per heavy atom. The Kier molecular flexibility index (Phi) is 4.26. The monoisotopic (exact) mass is 305 g/mol. The average Bonchev–Trinajstić information content (AvgIpc) is 3.08. The molecule has 6 heteroatoms. The largest absolute Gasteiger partial charge is 0.340 e. The van der Waals surface area contributed by atoms with Crippen LogP contribution in [0.25, 0.3) is 10.7 Å². The van der Waals surface area contributed by atoms with Gasteiger partial charge < -0.3 is 10.2 Å². The Balaban J connectivity index is 1.68. The molecule has 21 heavy (non-hydrogen) atoms. The Labute approximate surface area is 129 Å². The van der Waals surface area contributed by atoms with Crippen LogP contribution >= 0.6 is 11.3 Å². The van der Waals surface area contributed by atoms with Crippen molar-refractivity contribution in [1.29, 1.82) is 0 Å². The molecular formula is C15H23N5S. The molecule has 1 saturated heterocycles. The maximum atomic E-state index is 4.68. The second-order valence-corrected chi connectivity index (χ2v) is 7.08. The zero-order valence-electron chi connectivity index (χ0n) is 12.9. The van der Waals surface area contributed by atoms with E-state index >= 15 is 0 Å². The summed E-state index contributed by atoms with van der Waals surface area (Å²) in [7, 11) is 2.03. The highest BCUT2D eigenvalue weighted by Gasteiger charge is 2.21. The summed E-state index contributed by atoms with van der Waals surface area (Å²) in [6.07, 6.45) is 2.42. The van der Waals surface area contributed by atoms with E-state index in [1.54, 1.807) is 11.3 Å². The number of anilines is 1. The first-order valence-electron chi connectivity index (χ1n) is 7.56. The van der Waals surface area contributed by atoms with Crippen molar-refractivity contribution in [3.8, 4) is 10.7 Å². The van der Waals surface area contributed by atoms with Gasteiger partial charge in [0.15, 0.2) is 5.82 Å². The van der Waals surface area contributed by atoms with Crippen LogP contribution in [0.4, 0.5) is 5.95 Å². The van der Waals surface area contributed by atoms with Gasteiger partial charge in [0.05, 0.1) is 4.88 Å². The molecule has 2 aromatic heterocycles. The third kappa shape index (κ3) is 3.11. The zero-order chi connectivity index (χ0) is 14.8. The molecule has 0 spiro atoms. The molecule has 1 aliphatic heterocycles. The number of hydrogen-bond acceptors (Lipinski definition) is 5. The number of aryl methyl sites for hydroxylation is 2. The van der Waals surface area contributed by atoms with Crippen molar-refractivity contribution < 1.29 is 0 Å². The molecule has 2 aromatic rings. The fourth-order valence-corrected chi connectivity index (χ4v) is 3.79. The van der Waals surface area contributed by atoms with Gasteiger partial charge in [0, 0.05) is 18.0 Å². The van der Waals surface area contributed by atoms with Crippen LogP contribution < -0.4 is 10.2 Å². The maximum Gasteiger partial charge on any atom is 0.245 e. The van der Waals surface area contributed by atoms with E-state index in [9.17, 15) is 0 Å². The second kappa shape index (κ2) is 6.15. The lowest BCUT2D eigenvalue weighted by molar-refractivity contribution is 0.391. The molecule has 0 aliphatic carbocycles. The first-order chi connectivity index (χ1) is 10.2. The van der Waals surface area contributed by atoms with Gasteiger partial charge in [-0.3, -0.25) is 5.10 Å². The summed E-state index contributed by atoms with van der Waals surface area (Å²) >= 11 is 1.77. The molecule has 0 radical (unpaired) electrons. The Bertz CT molecular complexity index is 575. The molecule has 0 bridgehead atoms. The van der Waals surface area contributed by atoms with Crippen LogP contribution in [0.15, 0.2) is 6.07 Å². The van der Waals surface area contributed by atoms with Gasteiger partial charge in [-0.2, -0.15) is 4.98 Å². The molecule has 1 aliphatic rings. The smallest absolute Gasteiger partial charge is 0.245 e. The highest BCUT2D eigenvalue weighted by Crippen LogP contribution is 2.29. The van der Waals surface area contributed by atoms with Crippen LogP contribution in [0.3, 0.4) is 0 Å². The number of nitrogens with zero attached hydrogens (tertiary/aromatic N) is 3. The van der Waals surface area contributed by atoms with E-state index in [0.29, 0.717) is 0 Å². The fourth-order valence-electron chi connectivity index (χ4n) is 2.82. The van der Waals surface area contributed by atoms with Crippen LogP contribution in [0.1, 0.15) is 23.3 Å². The molecule has 3 heterocycles. The first kappa shape index (κ1) is 14.5. The van der Waals surface area contributed by atoms with Gasteiger partial charge in [-0.1, -0.05) is 0 Å². The van der Waals surface area contributed by atoms with Gasteiger partial charge in [0.2, 0.25) is 5.95 Å². The molecule has 0 atom stereocenters. The molecule has 3 rings (SSSR count). The number of aromatic nitrogens is 3. The van der Waals surface area contributed by atoms with Gasteiger partial charge in [0.1, 0.15) is 0 Å². The number of hydrogen-bond donors (Lipinski definition) is 2. The van der Waals surface area contributed by atoms with Crippen molar-refractivity contribution in [2.24, 2.45) is 5.92 Å². The number of aromatic amines is 1. The summed E-state index contributed by atoms with van der Waals surface area (Å²) < 4.78 is 0. The van der Waals surface area contributed by atoms with Gasteiger partial charge in [0.25, 0.3) is 0 Å². The first-order valence-corrected chi connectivity index (χ1v) is 8.38. The SMILES string of the molecule is CNCC1CCN(c2n[nH]c(-c3cc(C)c(C)s3)n2)CC1. The van der Waals surface area contributed by atoms with Gasteiger partial charge in [-0.15, -0.1) is 16.4 Å². The summed E-state index contributed by atoms with van der Waals surface area (Å²) in [5.74, 6) is 2.52. The van der Waals surface area contributed by atoms with Crippen molar-refractivity contribution in [2.75, 3.05) is 31.6 Å². The lowest BCUT2D eigenvalue weighted by atomic mass is 9.97. The maximum absolute atomic E-state index is 4.68. The van der Waals surface area contributed by atoms with Crippen molar-refractivity contribution in [1.82, 2.24) is 20.5 Å². The predicted octanol–water partition coefficient (Wildman–Crippen LogP) is 2.59. The Morgan fingerprint density at radius 3 is 2.76 bits per heavy atom. The molecule has 5 nitrogen and oxygen atoms in total. The summed E-state index contributed by atoms with van der Waals surface area (Å²) in [5.41, 5.74) is 1.32. The van der Waals surface area contributed by atoms with E-state index in [2.05, 4.69) is 45.3 Å². The zero-order valence-corrected chi connectivity index (χ0v) is 13.8. The second-order valence-electron chi connectivity index (χ2n) is 5.82. The molecule has 2 N–H and O–H groups in total. The normalized spacial score (nSPS) is 16.6. The Hall–Kier alpha value is -1.40. The van der Waals surface area contributed by atoms with Crippen LogP contribution in [0.5, 0.6) is 0 Å². The number of H-pyrrole nitrogens is 1. The minimum atomic E-state index is 0.784. The predicted molar refractivity (Wildman–Crippen MR) is 88.0 cm³/mol. The van der Waals surface area contributed by atoms with E-state index < -0.39 is 0 Å². The van der Waals surface area contributed by atoms with E-state index in [1.807, 2.05) is 7.05 Å². The van der Waals surface area contributed by atoms with Gasteiger partial charge in [-0.25, -0.2) is 0 Å². The van der Waals surface area contributed by atoms with Crippen molar-refractivity contribution in [2.45, 2.75) is 26.7 Å². The Morgan fingerprint density at radius 1 is 1.38 bits per heavy atom. The van der Waals surface area contributed by atoms with Crippen LogP contribution in [0, 0.1) is 19.8 Å². The molecule has 114 valence electrons. The molecule has 1 fully saturated rings. The minimum absolute atomic E-state index is 0.784. The standard InChI is InChI=1S/C15H23N5S/c1-10-8-13(21-11(10)2)14-17-15(19-18-14)20-6-4-12(5-7-20)9-16-3/h8,12,16H,4-7,9H2,1-3H3,(H,17,18,19). The van der Waals surface area contributed by atoms with Crippen molar-refractivity contribution in [3.63, 3.8) is 0 Å². The minimum Gasteiger partial charge on any atom is -0.340 e. The highest BCUT2D eigenvalue weighted by molar-refractivity contribution is 7.15. The number of thiophene rings is 1. The topological polar surface area (TPSA) is 56.8 Å². The number of nitrogens with one attached hydrogen (secondary N) is 2. The van der Waals surface area contributed by atoms with Gasteiger partial charge >= 0.3 is 0 Å². The molecule has 0 amide bonds.